The van der Waals surface area contributed by atoms with Crippen molar-refractivity contribution in [2.24, 2.45) is 17.3 Å². The summed E-state index contributed by atoms with van der Waals surface area (Å²) >= 11 is 0. The molecule has 28 heavy (non-hydrogen) atoms. The van der Waals surface area contributed by atoms with Crippen molar-refractivity contribution in [3.8, 4) is 0 Å². The van der Waals surface area contributed by atoms with E-state index in [9.17, 15) is 4.79 Å². The van der Waals surface area contributed by atoms with Crippen LogP contribution < -0.4 is 0 Å². The van der Waals surface area contributed by atoms with Crippen LogP contribution in [0.25, 0.3) is 0 Å². The maximum absolute atomic E-state index is 13.7. The number of benzene rings is 1. The summed E-state index contributed by atoms with van der Waals surface area (Å²) in [4.78, 5) is 19.8. The average Bonchev–Trinajstić information content (AvgIpc) is 2.67. The van der Waals surface area contributed by atoms with E-state index in [-0.39, 0.29) is 10.8 Å². The van der Waals surface area contributed by atoms with Gasteiger partial charge in [-0.2, -0.15) is 0 Å². The van der Waals surface area contributed by atoms with E-state index < -0.39 is 0 Å². The van der Waals surface area contributed by atoms with Gasteiger partial charge < -0.3 is 4.90 Å². The fourth-order valence-electron chi connectivity index (χ4n) is 7.00. The van der Waals surface area contributed by atoms with E-state index in [1.807, 2.05) is 36.5 Å². The van der Waals surface area contributed by atoms with Crippen molar-refractivity contribution in [1.29, 1.82) is 0 Å². The molecule has 4 bridgehead atoms. The normalized spacial score (nSPS) is 33.1. The highest BCUT2D eigenvalue weighted by Gasteiger charge is 2.61. The standard InChI is InChI=1S/C25H30N2O/c1-18-3-5-22(6-4-18)24-12-20-11-21(13-24)15-25(14-20,17-24)23(28)27(2)16-19-7-9-26-10-8-19/h3-10,20-21H,11-17H2,1-2H3. The fourth-order valence-corrected chi connectivity index (χ4v) is 7.00. The lowest BCUT2D eigenvalue weighted by molar-refractivity contribution is -0.159. The smallest absolute Gasteiger partial charge is 0.228 e. The molecule has 1 aromatic heterocycles. The van der Waals surface area contributed by atoms with Crippen LogP contribution in [0.4, 0.5) is 0 Å². The zero-order valence-electron chi connectivity index (χ0n) is 17.0. The summed E-state index contributed by atoms with van der Waals surface area (Å²) < 4.78 is 0. The lowest BCUT2D eigenvalue weighted by Gasteiger charge is -2.62. The quantitative estimate of drug-likeness (QED) is 0.764. The van der Waals surface area contributed by atoms with Crippen molar-refractivity contribution in [2.75, 3.05) is 7.05 Å². The minimum atomic E-state index is -0.156. The van der Waals surface area contributed by atoms with Crippen LogP contribution in [-0.2, 0) is 16.8 Å². The van der Waals surface area contributed by atoms with Gasteiger partial charge in [-0.15, -0.1) is 0 Å². The zero-order chi connectivity index (χ0) is 19.4. The molecule has 146 valence electrons. The van der Waals surface area contributed by atoms with Crippen molar-refractivity contribution in [2.45, 2.75) is 57.4 Å². The van der Waals surface area contributed by atoms with E-state index in [0.717, 1.165) is 24.8 Å². The molecule has 4 aliphatic rings. The molecule has 2 unspecified atom stereocenters. The van der Waals surface area contributed by atoms with Gasteiger partial charge in [-0.05, 0) is 86.0 Å². The molecular formula is C25H30N2O. The van der Waals surface area contributed by atoms with E-state index in [1.54, 1.807) is 0 Å². The predicted molar refractivity (Wildman–Crippen MR) is 111 cm³/mol. The number of hydrogen-bond acceptors (Lipinski definition) is 2. The number of pyridine rings is 1. The van der Waals surface area contributed by atoms with Crippen molar-refractivity contribution in [1.82, 2.24) is 9.88 Å². The van der Waals surface area contributed by atoms with Crippen LogP contribution in [0.5, 0.6) is 0 Å². The van der Waals surface area contributed by atoms with E-state index in [0.29, 0.717) is 24.3 Å². The lowest BCUT2D eigenvalue weighted by Crippen LogP contribution is -2.59. The first-order valence-electron chi connectivity index (χ1n) is 10.7. The molecule has 2 aromatic rings. The van der Waals surface area contributed by atoms with Gasteiger partial charge in [-0.25, -0.2) is 0 Å². The Balaban J connectivity index is 1.44. The van der Waals surface area contributed by atoms with Gasteiger partial charge in [0.05, 0.1) is 5.41 Å². The van der Waals surface area contributed by atoms with Gasteiger partial charge in [0.25, 0.3) is 0 Å². The number of hydrogen-bond donors (Lipinski definition) is 0. The number of carbonyl (C=O) groups is 1. The first-order chi connectivity index (χ1) is 13.5. The molecule has 4 saturated carbocycles. The predicted octanol–water partition coefficient (Wildman–Crippen LogP) is 4.89. The van der Waals surface area contributed by atoms with Gasteiger partial charge in [-0.3, -0.25) is 9.78 Å². The first-order valence-corrected chi connectivity index (χ1v) is 10.7. The van der Waals surface area contributed by atoms with E-state index >= 15 is 0 Å². The first kappa shape index (κ1) is 17.9. The Labute approximate surface area is 168 Å². The molecule has 4 aliphatic carbocycles. The maximum Gasteiger partial charge on any atom is 0.228 e. The van der Waals surface area contributed by atoms with Crippen LogP contribution in [0.2, 0.25) is 0 Å². The summed E-state index contributed by atoms with van der Waals surface area (Å²) in [5.41, 5.74) is 4.00. The highest BCUT2D eigenvalue weighted by Crippen LogP contribution is 2.66. The number of nitrogens with zero attached hydrogens (tertiary/aromatic N) is 2. The molecule has 3 heteroatoms. The second kappa shape index (κ2) is 6.43. The molecule has 4 fully saturated rings. The highest BCUT2D eigenvalue weighted by atomic mass is 16.2. The number of aryl methyl sites for hydroxylation is 1. The highest BCUT2D eigenvalue weighted by molar-refractivity contribution is 5.83. The third-order valence-electron chi connectivity index (χ3n) is 7.69. The van der Waals surface area contributed by atoms with Crippen LogP contribution in [0.1, 0.15) is 55.2 Å². The molecule has 0 aliphatic heterocycles. The van der Waals surface area contributed by atoms with Crippen LogP contribution in [0.3, 0.4) is 0 Å². The number of aromatic nitrogens is 1. The molecule has 0 N–H and O–H groups in total. The average molecular weight is 375 g/mol. The summed E-state index contributed by atoms with van der Waals surface area (Å²) in [6.45, 7) is 2.83. The van der Waals surface area contributed by atoms with Gasteiger partial charge in [0.15, 0.2) is 0 Å². The van der Waals surface area contributed by atoms with E-state index in [1.165, 1.54) is 30.4 Å². The SMILES string of the molecule is Cc1ccc(C23CC4CC(CC(C(=O)N(C)Cc5ccncc5)(C4)C2)C3)cc1. The molecule has 0 radical (unpaired) electrons. The minimum absolute atomic E-state index is 0.156. The maximum atomic E-state index is 13.7. The van der Waals surface area contributed by atoms with Gasteiger partial charge in [0.2, 0.25) is 5.91 Å². The summed E-state index contributed by atoms with van der Waals surface area (Å²) in [6.07, 6.45) is 10.7. The minimum Gasteiger partial charge on any atom is -0.341 e. The fraction of sp³-hybridized carbons (Fsp3) is 0.520. The monoisotopic (exact) mass is 374 g/mol. The van der Waals surface area contributed by atoms with E-state index in [2.05, 4.69) is 36.2 Å². The van der Waals surface area contributed by atoms with Crippen LogP contribution >= 0.6 is 0 Å². The molecule has 1 heterocycles. The van der Waals surface area contributed by atoms with Gasteiger partial charge in [0, 0.05) is 26.0 Å². The Kier molecular flexibility index (Phi) is 4.12. The Hall–Kier alpha value is -2.16. The number of amides is 1. The van der Waals surface area contributed by atoms with Crippen molar-refractivity contribution >= 4 is 5.91 Å². The molecule has 6 rings (SSSR count). The van der Waals surface area contributed by atoms with Crippen LogP contribution in [0, 0.1) is 24.2 Å². The van der Waals surface area contributed by atoms with Crippen LogP contribution in [-0.4, -0.2) is 22.8 Å². The molecular weight excluding hydrogens is 344 g/mol. The van der Waals surface area contributed by atoms with Gasteiger partial charge in [-0.1, -0.05) is 29.8 Å². The van der Waals surface area contributed by atoms with Crippen molar-refractivity contribution in [3.05, 3.63) is 65.5 Å². The second-order valence-electron chi connectivity index (χ2n) is 9.90. The Morgan fingerprint density at radius 2 is 1.68 bits per heavy atom. The molecule has 1 aromatic carbocycles. The Morgan fingerprint density at radius 1 is 1.04 bits per heavy atom. The molecule has 3 nitrogen and oxygen atoms in total. The molecule has 1 amide bonds. The summed E-state index contributed by atoms with van der Waals surface area (Å²) in [5.74, 6) is 1.79. The molecule has 0 spiro atoms. The van der Waals surface area contributed by atoms with Gasteiger partial charge >= 0.3 is 0 Å². The van der Waals surface area contributed by atoms with E-state index in [4.69, 9.17) is 0 Å². The van der Waals surface area contributed by atoms with Crippen LogP contribution in [0.15, 0.2) is 48.8 Å². The number of rotatable bonds is 4. The largest absolute Gasteiger partial charge is 0.341 e. The lowest BCUT2D eigenvalue weighted by atomic mass is 9.42. The summed E-state index contributed by atoms with van der Waals surface area (Å²) in [7, 11) is 1.99. The summed E-state index contributed by atoms with van der Waals surface area (Å²) in [5, 5.41) is 0. The number of carbonyl (C=O) groups excluding carboxylic acids is 1. The zero-order valence-corrected chi connectivity index (χ0v) is 17.0. The second-order valence-corrected chi connectivity index (χ2v) is 9.90. The molecule has 2 atom stereocenters. The third-order valence-corrected chi connectivity index (χ3v) is 7.69. The van der Waals surface area contributed by atoms with Gasteiger partial charge in [0.1, 0.15) is 0 Å². The Morgan fingerprint density at radius 3 is 2.32 bits per heavy atom. The summed E-state index contributed by atoms with van der Waals surface area (Å²) in [6, 6.07) is 13.2. The topological polar surface area (TPSA) is 33.2 Å². The Bertz CT molecular complexity index is 859. The third kappa shape index (κ3) is 2.87. The van der Waals surface area contributed by atoms with Crippen molar-refractivity contribution < 1.29 is 4.79 Å². The van der Waals surface area contributed by atoms with Crippen molar-refractivity contribution in [3.63, 3.8) is 0 Å². The molecule has 0 saturated heterocycles.